The normalized spacial score (nSPS) is 27.8. The van der Waals surface area contributed by atoms with Crippen molar-refractivity contribution in [2.45, 2.75) is 44.3 Å². The van der Waals surface area contributed by atoms with E-state index < -0.39 is 5.92 Å². The first-order valence-corrected chi connectivity index (χ1v) is 10.6. The molecule has 0 unspecified atom stereocenters. The molecule has 2 N–H and O–H groups in total. The molecule has 3 aliphatic rings. The number of carbonyl (C=O) groups excluding carboxylic acids is 3. The molecule has 0 radical (unpaired) electrons. The number of nitrogens with zero attached hydrogens (tertiary/aromatic N) is 3. The second kappa shape index (κ2) is 8.26. The minimum atomic E-state index is -0.396. The third-order valence-electron chi connectivity index (χ3n) is 6.92. The quantitative estimate of drug-likeness (QED) is 0.785. The highest BCUT2D eigenvalue weighted by atomic mass is 16.5. The van der Waals surface area contributed by atoms with E-state index in [0.717, 1.165) is 43.8 Å². The molecule has 3 saturated heterocycles. The number of ether oxygens (including phenoxy) is 1. The Morgan fingerprint density at radius 3 is 2.33 bits per heavy atom. The molecular formula is C22H30N4O4. The summed E-state index contributed by atoms with van der Waals surface area (Å²) in [5, 5.41) is 0. The molecule has 30 heavy (non-hydrogen) atoms. The van der Waals surface area contributed by atoms with Crippen molar-refractivity contribution in [2.24, 2.45) is 11.7 Å². The highest BCUT2D eigenvalue weighted by Crippen LogP contribution is 2.43. The van der Waals surface area contributed by atoms with Crippen LogP contribution in [0.4, 0.5) is 0 Å². The number of primary amides is 1. The van der Waals surface area contributed by atoms with Crippen molar-refractivity contribution in [1.29, 1.82) is 0 Å². The van der Waals surface area contributed by atoms with E-state index in [1.54, 1.807) is 14.0 Å². The van der Waals surface area contributed by atoms with Crippen LogP contribution in [0.5, 0.6) is 5.75 Å². The van der Waals surface area contributed by atoms with Crippen LogP contribution in [-0.4, -0.2) is 77.8 Å². The average Bonchev–Trinajstić information content (AvgIpc) is 3.14. The van der Waals surface area contributed by atoms with Crippen LogP contribution in [0.15, 0.2) is 24.3 Å². The predicted molar refractivity (Wildman–Crippen MR) is 111 cm³/mol. The summed E-state index contributed by atoms with van der Waals surface area (Å²) in [6.45, 7) is 4.16. The predicted octanol–water partition coefficient (Wildman–Crippen LogP) is 0.765. The summed E-state index contributed by atoms with van der Waals surface area (Å²) in [6, 6.07) is 7.47. The highest BCUT2D eigenvalue weighted by Gasteiger charge is 2.50. The lowest BCUT2D eigenvalue weighted by atomic mass is 9.92. The first kappa shape index (κ1) is 20.7. The Morgan fingerprint density at radius 2 is 1.77 bits per heavy atom. The molecule has 0 spiro atoms. The number of amides is 3. The number of fused-ring (bicyclic) bond motifs is 1. The maximum Gasteiger partial charge on any atom is 0.237 e. The Kier molecular flexibility index (Phi) is 5.69. The van der Waals surface area contributed by atoms with Crippen molar-refractivity contribution in [2.75, 3.05) is 33.3 Å². The van der Waals surface area contributed by atoms with Gasteiger partial charge in [-0.15, -0.1) is 0 Å². The molecule has 3 atom stereocenters. The first-order chi connectivity index (χ1) is 14.4. The Bertz CT molecular complexity index is 819. The van der Waals surface area contributed by atoms with Gasteiger partial charge in [0.25, 0.3) is 0 Å². The monoisotopic (exact) mass is 414 g/mol. The van der Waals surface area contributed by atoms with Gasteiger partial charge in [-0.1, -0.05) is 12.1 Å². The SMILES string of the molecule is COc1ccc([C@@H]2[C@H](C(N)=O)C[C@@H]3CN(C4CCN(C(C)=O)CC4)CC(=O)N32)cc1. The first-order valence-electron chi connectivity index (χ1n) is 10.6. The summed E-state index contributed by atoms with van der Waals surface area (Å²) >= 11 is 0. The molecule has 1 aromatic carbocycles. The topological polar surface area (TPSA) is 96.2 Å². The zero-order chi connectivity index (χ0) is 21.4. The van der Waals surface area contributed by atoms with Gasteiger partial charge in [-0.3, -0.25) is 19.3 Å². The van der Waals surface area contributed by atoms with Gasteiger partial charge in [0.05, 0.1) is 25.6 Å². The average molecular weight is 415 g/mol. The fourth-order valence-electron chi connectivity index (χ4n) is 5.36. The van der Waals surface area contributed by atoms with Crippen LogP contribution in [0.2, 0.25) is 0 Å². The standard InChI is InChI=1S/C22H30N4O4/c1-14(27)24-9-7-16(8-10-24)25-12-17-11-19(22(23)29)21(26(17)20(28)13-25)15-3-5-18(30-2)6-4-15/h3-6,16-17,19,21H,7-13H2,1-2H3,(H2,23,29)/t17-,19-,21-/m1/s1. The van der Waals surface area contributed by atoms with Crippen LogP contribution in [0.25, 0.3) is 0 Å². The Morgan fingerprint density at radius 1 is 1.10 bits per heavy atom. The molecule has 1 aromatic rings. The van der Waals surface area contributed by atoms with Gasteiger partial charge in [0, 0.05) is 38.6 Å². The van der Waals surface area contributed by atoms with Crippen LogP contribution < -0.4 is 10.5 Å². The summed E-state index contributed by atoms with van der Waals surface area (Å²) in [5.41, 5.74) is 6.67. The number of benzene rings is 1. The second-order valence-corrected chi connectivity index (χ2v) is 8.58. The molecule has 162 valence electrons. The van der Waals surface area contributed by atoms with E-state index in [1.165, 1.54) is 0 Å². The van der Waals surface area contributed by atoms with Crippen LogP contribution >= 0.6 is 0 Å². The van der Waals surface area contributed by atoms with Gasteiger partial charge in [0.15, 0.2) is 0 Å². The summed E-state index contributed by atoms with van der Waals surface area (Å²) in [6.07, 6.45) is 2.34. The lowest BCUT2D eigenvalue weighted by Gasteiger charge is -2.45. The van der Waals surface area contributed by atoms with E-state index in [4.69, 9.17) is 10.5 Å². The summed E-state index contributed by atoms with van der Waals surface area (Å²) in [7, 11) is 1.61. The highest BCUT2D eigenvalue weighted by molar-refractivity contribution is 5.84. The van der Waals surface area contributed by atoms with Crippen LogP contribution in [-0.2, 0) is 14.4 Å². The van der Waals surface area contributed by atoms with Crippen molar-refractivity contribution in [3.8, 4) is 5.75 Å². The maximum atomic E-state index is 13.2. The van der Waals surface area contributed by atoms with Crippen molar-refractivity contribution >= 4 is 17.7 Å². The van der Waals surface area contributed by atoms with Crippen LogP contribution in [0, 0.1) is 5.92 Å². The van der Waals surface area contributed by atoms with E-state index >= 15 is 0 Å². The summed E-state index contributed by atoms with van der Waals surface area (Å²) < 4.78 is 5.23. The summed E-state index contributed by atoms with van der Waals surface area (Å²) in [5.74, 6) is 0.129. The molecule has 4 rings (SSSR count). The molecule has 3 amide bonds. The number of piperidine rings is 1. The van der Waals surface area contributed by atoms with Crippen LogP contribution in [0.3, 0.4) is 0 Å². The van der Waals surface area contributed by atoms with Crippen molar-refractivity contribution in [3.05, 3.63) is 29.8 Å². The zero-order valence-electron chi connectivity index (χ0n) is 17.6. The zero-order valence-corrected chi connectivity index (χ0v) is 17.6. The van der Waals surface area contributed by atoms with Gasteiger partial charge in [-0.25, -0.2) is 0 Å². The third kappa shape index (κ3) is 3.76. The van der Waals surface area contributed by atoms with Gasteiger partial charge in [-0.2, -0.15) is 0 Å². The van der Waals surface area contributed by atoms with Crippen molar-refractivity contribution < 1.29 is 19.1 Å². The van der Waals surface area contributed by atoms with E-state index in [9.17, 15) is 14.4 Å². The third-order valence-corrected chi connectivity index (χ3v) is 6.92. The summed E-state index contributed by atoms with van der Waals surface area (Å²) in [4.78, 5) is 43.1. The maximum absolute atomic E-state index is 13.2. The molecule has 8 heteroatoms. The number of piperazine rings is 1. The Hall–Kier alpha value is -2.61. The number of likely N-dealkylation sites (tertiary alicyclic amines) is 1. The molecule has 0 aromatic heterocycles. The van der Waals surface area contributed by atoms with Gasteiger partial charge in [-0.05, 0) is 37.0 Å². The van der Waals surface area contributed by atoms with Crippen molar-refractivity contribution in [1.82, 2.24) is 14.7 Å². The molecule has 3 fully saturated rings. The van der Waals surface area contributed by atoms with E-state index in [1.807, 2.05) is 34.1 Å². The molecule has 3 aliphatic heterocycles. The van der Waals surface area contributed by atoms with Crippen molar-refractivity contribution in [3.63, 3.8) is 0 Å². The molecule has 0 bridgehead atoms. The molecule has 3 heterocycles. The lowest BCUT2D eigenvalue weighted by Crippen LogP contribution is -2.58. The Labute approximate surface area is 176 Å². The fourth-order valence-corrected chi connectivity index (χ4v) is 5.36. The molecule has 0 saturated carbocycles. The minimum absolute atomic E-state index is 0.0262. The largest absolute Gasteiger partial charge is 0.497 e. The number of methoxy groups -OCH3 is 1. The Balaban J connectivity index is 1.51. The molecule has 8 nitrogen and oxygen atoms in total. The van der Waals surface area contributed by atoms with Gasteiger partial charge in [0.2, 0.25) is 17.7 Å². The second-order valence-electron chi connectivity index (χ2n) is 8.58. The van der Waals surface area contributed by atoms with E-state index in [2.05, 4.69) is 4.90 Å². The number of hydrogen-bond donors (Lipinski definition) is 1. The number of nitrogens with two attached hydrogens (primary N) is 1. The number of carbonyl (C=O) groups is 3. The fraction of sp³-hybridized carbons (Fsp3) is 0.591. The van der Waals surface area contributed by atoms with Gasteiger partial charge in [0.1, 0.15) is 5.75 Å². The number of rotatable bonds is 4. The molecule has 0 aliphatic carbocycles. The van der Waals surface area contributed by atoms with E-state index in [0.29, 0.717) is 19.0 Å². The van der Waals surface area contributed by atoms with Gasteiger partial charge >= 0.3 is 0 Å². The van der Waals surface area contributed by atoms with Gasteiger partial charge < -0.3 is 20.3 Å². The molecular weight excluding hydrogens is 384 g/mol. The van der Waals surface area contributed by atoms with E-state index in [-0.39, 0.29) is 29.8 Å². The lowest BCUT2D eigenvalue weighted by molar-refractivity contribution is -0.143. The minimum Gasteiger partial charge on any atom is -0.497 e. The van der Waals surface area contributed by atoms with Crippen LogP contribution in [0.1, 0.15) is 37.8 Å². The smallest absolute Gasteiger partial charge is 0.237 e. The number of hydrogen-bond acceptors (Lipinski definition) is 5.